The Labute approximate surface area is 175 Å². The SMILES string of the molecule is Cc1ccc2c(Cl)cc(Cl)c(OCC(=O)NNC(=O)Cc3cccc(F)c3)c2n1. The van der Waals surface area contributed by atoms with E-state index in [9.17, 15) is 14.0 Å². The third-order valence-electron chi connectivity index (χ3n) is 3.92. The number of aromatic nitrogens is 1. The molecule has 0 aliphatic carbocycles. The van der Waals surface area contributed by atoms with Crippen LogP contribution in [0.4, 0.5) is 4.39 Å². The van der Waals surface area contributed by atoms with Crippen molar-refractivity contribution in [2.24, 2.45) is 0 Å². The Hall–Kier alpha value is -2.90. The number of hydrogen-bond acceptors (Lipinski definition) is 4. The summed E-state index contributed by atoms with van der Waals surface area (Å²) in [6.45, 7) is 1.39. The minimum atomic E-state index is -0.607. The highest BCUT2D eigenvalue weighted by Crippen LogP contribution is 2.37. The zero-order chi connectivity index (χ0) is 21.0. The molecule has 0 saturated heterocycles. The lowest BCUT2D eigenvalue weighted by molar-refractivity contribution is -0.129. The van der Waals surface area contributed by atoms with E-state index in [0.29, 0.717) is 21.5 Å². The summed E-state index contributed by atoms with van der Waals surface area (Å²) in [6.07, 6.45) is -0.0876. The van der Waals surface area contributed by atoms with Crippen molar-refractivity contribution in [1.29, 1.82) is 0 Å². The van der Waals surface area contributed by atoms with Crippen molar-refractivity contribution in [1.82, 2.24) is 15.8 Å². The van der Waals surface area contributed by atoms with Crippen molar-refractivity contribution in [3.63, 3.8) is 0 Å². The van der Waals surface area contributed by atoms with Crippen molar-refractivity contribution >= 4 is 45.9 Å². The smallest absolute Gasteiger partial charge is 0.276 e. The molecule has 0 fully saturated rings. The monoisotopic (exact) mass is 435 g/mol. The van der Waals surface area contributed by atoms with Crippen LogP contribution in [0.1, 0.15) is 11.3 Å². The van der Waals surface area contributed by atoms with Gasteiger partial charge in [0, 0.05) is 11.1 Å². The topological polar surface area (TPSA) is 80.3 Å². The van der Waals surface area contributed by atoms with Gasteiger partial charge in [-0.05, 0) is 42.8 Å². The number of ether oxygens (including phenoxy) is 1. The summed E-state index contributed by atoms with van der Waals surface area (Å²) in [4.78, 5) is 28.3. The van der Waals surface area contributed by atoms with E-state index in [-0.39, 0.29) is 17.2 Å². The van der Waals surface area contributed by atoms with Gasteiger partial charge >= 0.3 is 0 Å². The molecule has 1 aromatic heterocycles. The molecule has 2 amide bonds. The van der Waals surface area contributed by atoms with Gasteiger partial charge in [0.2, 0.25) is 5.91 Å². The first-order valence-electron chi connectivity index (χ1n) is 8.54. The van der Waals surface area contributed by atoms with Gasteiger partial charge in [0.25, 0.3) is 5.91 Å². The van der Waals surface area contributed by atoms with Crippen LogP contribution in [0, 0.1) is 12.7 Å². The van der Waals surface area contributed by atoms with Gasteiger partial charge in [0.05, 0.1) is 16.5 Å². The molecule has 0 radical (unpaired) electrons. The Balaban J connectivity index is 1.59. The highest BCUT2D eigenvalue weighted by molar-refractivity contribution is 6.39. The maximum Gasteiger partial charge on any atom is 0.276 e. The average molecular weight is 436 g/mol. The van der Waals surface area contributed by atoms with Crippen LogP contribution in [0.2, 0.25) is 10.0 Å². The second-order valence-corrected chi connectivity index (χ2v) is 7.02. The van der Waals surface area contributed by atoms with Gasteiger partial charge in [-0.25, -0.2) is 9.37 Å². The summed E-state index contributed by atoms with van der Waals surface area (Å²) in [5.41, 5.74) is 6.12. The summed E-state index contributed by atoms with van der Waals surface area (Å²) >= 11 is 12.4. The molecule has 3 aromatic rings. The molecule has 0 spiro atoms. The molecule has 3 rings (SSSR count). The van der Waals surface area contributed by atoms with Crippen molar-refractivity contribution in [2.75, 3.05) is 6.61 Å². The summed E-state index contributed by atoms with van der Waals surface area (Å²) in [5, 5.41) is 1.27. The lowest BCUT2D eigenvalue weighted by Gasteiger charge is -2.13. The van der Waals surface area contributed by atoms with Gasteiger partial charge in [0.15, 0.2) is 12.4 Å². The van der Waals surface area contributed by atoms with Crippen molar-refractivity contribution in [3.05, 3.63) is 69.6 Å². The molecule has 1 heterocycles. The van der Waals surface area contributed by atoms with Crippen molar-refractivity contribution in [3.8, 4) is 5.75 Å². The number of nitrogens with one attached hydrogen (secondary N) is 2. The molecule has 29 heavy (non-hydrogen) atoms. The molecule has 2 N–H and O–H groups in total. The van der Waals surface area contributed by atoms with Gasteiger partial charge < -0.3 is 4.74 Å². The Morgan fingerprint density at radius 2 is 1.83 bits per heavy atom. The van der Waals surface area contributed by atoms with E-state index >= 15 is 0 Å². The van der Waals surface area contributed by atoms with Gasteiger partial charge in [0.1, 0.15) is 11.3 Å². The number of rotatable bonds is 5. The van der Waals surface area contributed by atoms with Crippen molar-refractivity contribution in [2.45, 2.75) is 13.3 Å². The predicted molar refractivity (Wildman–Crippen MR) is 108 cm³/mol. The number of carbonyl (C=O) groups excluding carboxylic acids is 2. The molecular weight excluding hydrogens is 420 g/mol. The number of pyridine rings is 1. The quantitative estimate of drug-likeness (QED) is 0.597. The normalized spacial score (nSPS) is 10.6. The Morgan fingerprint density at radius 3 is 2.59 bits per heavy atom. The molecule has 0 aliphatic heterocycles. The predicted octanol–water partition coefficient (Wildman–Crippen LogP) is 3.76. The lowest BCUT2D eigenvalue weighted by Crippen LogP contribution is -2.44. The van der Waals surface area contributed by atoms with Gasteiger partial charge in [-0.1, -0.05) is 35.3 Å². The largest absolute Gasteiger partial charge is 0.480 e. The Morgan fingerprint density at radius 1 is 1.07 bits per heavy atom. The number of aryl methyl sites for hydroxylation is 1. The number of fused-ring (bicyclic) bond motifs is 1. The summed E-state index contributed by atoms with van der Waals surface area (Å²) in [7, 11) is 0. The fraction of sp³-hybridized carbons (Fsp3) is 0.150. The van der Waals surface area contributed by atoms with Crippen LogP contribution in [0.5, 0.6) is 5.75 Å². The van der Waals surface area contributed by atoms with Gasteiger partial charge in [-0.15, -0.1) is 0 Å². The van der Waals surface area contributed by atoms with Crippen molar-refractivity contribution < 1.29 is 18.7 Å². The summed E-state index contributed by atoms with van der Waals surface area (Å²) in [6, 6.07) is 10.7. The molecule has 9 heteroatoms. The van der Waals surface area contributed by atoms with E-state index in [1.807, 2.05) is 0 Å². The second-order valence-electron chi connectivity index (χ2n) is 6.21. The average Bonchev–Trinajstić information content (AvgIpc) is 2.66. The Bertz CT molecular complexity index is 1090. The molecule has 150 valence electrons. The van der Waals surface area contributed by atoms with Gasteiger partial charge in [-0.2, -0.15) is 0 Å². The third-order valence-corrected chi connectivity index (χ3v) is 4.51. The van der Waals surface area contributed by atoms with Crippen LogP contribution in [0.25, 0.3) is 10.9 Å². The molecular formula is C20H16Cl2FN3O3. The molecule has 0 saturated carbocycles. The number of nitrogens with zero attached hydrogens (tertiary/aromatic N) is 1. The Kier molecular flexibility index (Phi) is 6.51. The number of hydrazine groups is 1. The minimum absolute atomic E-state index is 0.0876. The van der Waals surface area contributed by atoms with E-state index in [1.165, 1.54) is 24.3 Å². The number of hydrogen-bond donors (Lipinski definition) is 2. The summed E-state index contributed by atoms with van der Waals surface area (Å²) in [5.74, 6) is -1.33. The fourth-order valence-corrected chi connectivity index (χ4v) is 3.19. The first-order chi connectivity index (χ1) is 13.8. The zero-order valence-electron chi connectivity index (χ0n) is 15.3. The number of benzene rings is 2. The highest BCUT2D eigenvalue weighted by atomic mass is 35.5. The molecule has 2 aromatic carbocycles. The summed E-state index contributed by atoms with van der Waals surface area (Å²) < 4.78 is 18.7. The van der Waals surface area contributed by atoms with Crippen LogP contribution in [-0.4, -0.2) is 23.4 Å². The van der Waals surface area contributed by atoms with Gasteiger partial charge in [-0.3, -0.25) is 20.4 Å². The van der Waals surface area contributed by atoms with E-state index in [0.717, 1.165) is 5.69 Å². The standard InChI is InChI=1S/C20H16Cl2FN3O3/c1-11-5-6-14-15(21)9-16(22)20(19(14)24-11)29-10-18(28)26-25-17(27)8-12-3-2-4-13(23)7-12/h2-7,9H,8,10H2,1H3,(H,25,27)(H,26,28). The number of halogens is 3. The lowest BCUT2D eigenvalue weighted by atomic mass is 10.1. The van der Waals surface area contributed by atoms with Crippen LogP contribution in [0.3, 0.4) is 0 Å². The minimum Gasteiger partial charge on any atom is -0.480 e. The van der Waals surface area contributed by atoms with Crippen LogP contribution in [0.15, 0.2) is 42.5 Å². The van der Waals surface area contributed by atoms with E-state index < -0.39 is 24.2 Å². The number of amides is 2. The molecule has 0 unspecified atom stereocenters. The maximum atomic E-state index is 13.1. The van der Waals surface area contributed by atoms with E-state index in [4.69, 9.17) is 27.9 Å². The highest BCUT2D eigenvalue weighted by Gasteiger charge is 2.15. The molecule has 0 aliphatic rings. The van der Waals surface area contributed by atoms with E-state index in [2.05, 4.69) is 15.8 Å². The third kappa shape index (κ3) is 5.34. The van der Waals surface area contributed by atoms with Crippen LogP contribution in [-0.2, 0) is 16.0 Å². The fourth-order valence-electron chi connectivity index (χ4n) is 2.62. The number of carbonyl (C=O) groups is 2. The van der Waals surface area contributed by atoms with E-state index in [1.54, 1.807) is 25.1 Å². The molecule has 6 nitrogen and oxygen atoms in total. The first-order valence-corrected chi connectivity index (χ1v) is 9.29. The van der Waals surface area contributed by atoms with Crippen LogP contribution >= 0.6 is 23.2 Å². The zero-order valence-corrected chi connectivity index (χ0v) is 16.8. The molecule has 0 atom stereocenters. The first kappa shape index (κ1) is 20.8. The second kappa shape index (κ2) is 9.07. The van der Waals surface area contributed by atoms with Crippen LogP contribution < -0.4 is 15.6 Å². The maximum absolute atomic E-state index is 13.1. The molecule has 0 bridgehead atoms.